The molecule has 2 aliphatic carbocycles. The summed E-state index contributed by atoms with van der Waals surface area (Å²) in [6.07, 6.45) is -3.41. The highest BCUT2D eigenvalue weighted by Crippen LogP contribution is 2.52. The molecule has 290 valence electrons. The van der Waals surface area contributed by atoms with E-state index in [1.54, 1.807) is 6.92 Å². The summed E-state index contributed by atoms with van der Waals surface area (Å²) in [6, 6.07) is 3.58. The van der Waals surface area contributed by atoms with Crippen molar-refractivity contribution < 1.29 is 63.7 Å². The number of fused-ring (bicyclic) bond motifs is 3. The predicted octanol–water partition coefficient (Wildman–Crippen LogP) is 0.614. The molecular weight excluding hydrogens is 708 g/mol. The number of benzene rings is 2. The van der Waals surface area contributed by atoms with E-state index in [-0.39, 0.29) is 77.8 Å². The van der Waals surface area contributed by atoms with E-state index in [1.165, 1.54) is 30.2 Å². The molecule has 0 unspecified atom stereocenters. The third kappa shape index (κ3) is 7.10. The SMILES string of the molecule is COc1cccc2c1C(=O)c1c(O)c3c(c(O)c1C2=O)C[C@@](O)(/C(CO)=N/NC(=O)CCCCCN1C(=O)CCC1=O)C[C@@H]3O[C@H]1C[C@H](N)[C@H](O)[C@H](C)O1. The van der Waals surface area contributed by atoms with Crippen LogP contribution in [-0.2, 0) is 30.3 Å². The Kier molecular flexibility index (Phi) is 11.2. The summed E-state index contributed by atoms with van der Waals surface area (Å²) < 4.78 is 17.4. The number of methoxy groups -OCH3 is 1. The fourth-order valence-corrected chi connectivity index (χ4v) is 7.69. The fraction of sp³-hybridized carbons (Fsp3) is 0.514. The number of phenolic OH excluding ortho intramolecular Hbond substituents is 2. The molecule has 54 heavy (non-hydrogen) atoms. The van der Waals surface area contributed by atoms with Gasteiger partial charge in [-0.3, -0.25) is 28.9 Å². The molecule has 2 heterocycles. The second-order valence-corrected chi connectivity index (χ2v) is 14.1. The van der Waals surface area contributed by atoms with Crippen molar-refractivity contribution in [3.8, 4) is 17.2 Å². The van der Waals surface area contributed by atoms with Crippen LogP contribution in [0.15, 0.2) is 23.3 Å². The van der Waals surface area contributed by atoms with E-state index in [4.69, 9.17) is 19.9 Å². The van der Waals surface area contributed by atoms with Crippen LogP contribution in [-0.4, -0.2) is 116 Å². The number of nitrogens with one attached hydrogen (secondary N) is 1. The Morgan fingerprint density at radius 3 is 2.43 bits per heavy atom. The van der Waals surface area contributed by atoms with E-state index in [0.29, 0.717) is 19.3 Å². The summed E-state index contributed by atoms with van der Waals surface area (Å²) >= 11 is 0. The van der Waals surface area contributed by atoms with Crippen molar-refractivity contribution in [2.75, 3.05) is 20.3 Å². The zero-order valence-electron chi connectivity index (χ0n) is 29.9. The van der Waals surface area contributed by atoms with Gasteiger partial charge in [0.15, 0.2) is 12.1 Å². The summed E-state index contributed by atoms with van der Waals surface area (Å²) in [6.45, 7) is 0.981. The number of aliphatic hydroxyl groups excluding tert-OH is 2. The summed E-state index contributed by atoms with van der Waals surface area (Å²) in [5.74, 6) is -3.86. The predicted molar refractivity (Wildman–Crippen MR) is 187 cm³/mol. The van der Waals surface area contributed by atoms with E-state index in [0.717, 1.165) is 0 Å². The van der Waals surface area contributed by atoms with Crippen molar-refractivity contribution in [2.45, 2.75) is 101 Å². The fourth-order valence-electron chi connectivity index (χ4n) is 7.69. The Labute approximate surface area is 309 Å². The molecule has 3 amide bonds. The number of carbonyl (C=O) groups is 5. The molecule has 8 N–H and O–H groups in total. The molecule has 0 saturated carbocycles. The van der Waals surface area contributed by atoms with Gasteiger partial charge in [-0.2, -0.15) is 5.10 Å². The molecule has 2 fully saturated rings. The van der Waals surface area contributed by atoms with Gasteiger partial charge in [0.2, 0.25) is 23.5 Å². The third-order valence-corrected chi connectivity index (χ3v) is 10.6. The van der Waals surface area contributed by atoms with Crippen LogP contribution in [0.3, 0.4) is 0 Å². The average molecular weight is 753 g/mol. The van der Waals surface area contributed by atoms with Crippen LogP contribution in [0.2, 0.25) is 0 Å². The Balaban J connectivity index is 1.29. The van der Waals surface area contributed by atoms with Crippen LogP contribution in [0.25, 0.3) is 0 Å². The van der Waals surface area contributed by atoms with E-state index < -0.39 is 95.8 Å². The lowest BCUT2D eigenvalue weighted by molar-refractivity contribution is -0.245. The molecule has 6 atom stereocenters. The van der Waals surface area contributed by atoms with Gasteiger partial charge >= 0.3 is 0 Å². The number of likely N-dealkylation sites (tertiary alicyclic amines) is 1. The van der Waals surface area contributed by atoms with E-state index in [9.17, 15) is 49.5 Å². The van der Waals surface area contributed by atoms with Crippen LogP contribution in [0.1, 0.15) is 107 Å². The number of ether oxygens (including phenoxy) is 3. The van der Waals surface area contributed by atoms with E-state index in [1.807, 2.05) is 0 Å². The summed E-state index contributed by atoms with van der Waals surface area (Å²) in [7, 11) is 1.32. The lowest BCUT2D eigenvalue weighted by Gasteiger charge is -2.43. The van der Waals surface area contributed by atoms with Gasteiger partial charge in [0.1, 0.15) is 22.8 Å². The second kappa shape index (κ2) is 15.5. The number of hydrogen-bond donors (Lipinski definition) is 7. The lowest BCUT2D eigenvalue weighted by Crippen LogP contribution is -2.53. The molecule has 4 aliphatic rings. The number of unbranched alkanes of at least 4 members (excludes halogenated alkanes) is 2. The van der Waals surface area contributed by atoms with Crippen molar-refractivity contribution >= 4 is 35.0 Å². The highest BCUT2D eigenvalue weighted by atomic mass is 16.7. The van der Waals surface area contributed by atoms with Crippen LogP contribution in [0, 0.1) is 0 Å². The molecule has 6 rings (SSSR count). The quantitative estimate of drug-likeness (QED) is 0.0440. The van der Waals surface area contributed by atoms with Gasteiger partial charge in [0.25, 0.3) is 0 Å². The van der Waals surface area contributed by atoms with Crippen LogP contribution in [0.4, 0.5) is 0 Å². The number of ketones is 2. The Bertz CT molecular complexity index is 1890. The van der Waals surface area contributed by atoms with Crippen LogP contribution >= 0.6 is 0 Å². The molecule has 2 aromatic carbocycles. The molecular formula is C37H44N4O13. The average Bonchev–Trinajstić information content (AvgIpc) is 3.46. The zero-order chi connectivity index (χ0) is 39.1. The second-order valence-electron chi connectivity index (χ2n) is 14.1. The molecule has 0 bridgehead atoms. The number of amides is 3. The number of rotatable bonds is 12. The Morgan fingerprint density at radius 1 is 1.06 bits per heavy atom. The standard InChI is InChI=1S/C37H44N4O13/c1-17-32(46)20(38)13-27(53-17)54-22-15-37(51,23(16-42)39-40-24(43)9-4-3-5-12-41-25(44)10-11-26(41)45)14-19-29(22)36(50)31-30(34(19)48)33(47)18-7-6-8-21(52-2)28(18)35(31)49/h6-8,17,20,22,27,32,42,46,48,50-51H,3-5,9-16,38H2,1-2H3,(H,40,43)/b39-23+/t17-,20-,22-,27-,32+,37-/m0/s1. The van der Waals surface area contributed by atoms with Crippen molar-refractivity contribution in [3.63, 3.8) is 0 Å². The van der Waals surface area contributed by atoms with Crippen LogP contribution in [0.5, 0.6) is 17.2 Å². The molecule has 2 aromatic rings. The Morgan fingerprint density at radius 2 is 1.76 bits per heavy atom. The molecule has 0 spiro atoms. The molecule has 2 aliphatic heterocycles. The minimum Gasteiger partial charge on any atom is -0.507 e. The number of aromatic hydroxyl groups is 2. The minimum atomic E-state index is -2.16. The van der Waals surface area contributed by atoms with E-state index >= 15 is 0 Å². The smallest absolute Gasteiger partial charge is 0.240 e. The maximum absolute atomic E-state index is 14.0. The first-order valence-electron chi connectivity index (χ1n) is 17.8. The number of nitrogens with zero attached hydrogens (tertiary/aromatic N) is 2. The van der Waals surface area contributed by atoms with Gasteiger partial charge in [-0.25, -0.2) is 5.43 Å². The van der Waals surface area contributed by atoms with E-state index in [2.05, 4.69) is 10.5 Å². The van der Waals surface area contributed by atoms with Gasteiger partial charge in [-0.1, -0.05) is 18.6 Å². The van der Waals surface area contributed by atoms with Gasteiger partial charge in [0, 0.05) is 67.8 Å². The van der Waals surface area contributed by atoms with Gasteiger partial charge < -0.3 is 45.5 Å². The maximum atomic E-state index is 14.0. The van der Waals surface area contributed by atoms with Gasteiger partial charge in [-0.05, 0) is 25.8 Å². The van der Waals surface area contributed by atoms with Crippen LogP contribution < -0.4 is 15.9 Å². The summed E-state index contributed by atoms with van der Waals surface area (Å²) in [5, 5.41) is 60.5. The first-order valence-corrected chi connectivity index (χ1v) is 17.8. The van der Waals surface area contributed by atoms with Crippen molar-refractivity contribution in [1.29, 1.82) is 0 Å². The normalized spacial score (nSPS) is 26.7. The molecule has 0 radical (unpaired) electrons. The topological polar surface area (TPSA) is 268 Å². The molecule has 2 saturated heterocycles. The largest absolute Gasteiger partial charge is 0.507 e. The number of hydrogen-bond acceptors (Lipinski definition) is 15. The Hall–Kier alpha value is -4.78. The lowest BCUT2D eigenvalue weighted by atomic mass is 9.71. The first-order chi connectivity index (χ1) is 25.7. The molecule has 17 nitrogen and oxygen atoms in total. The van der Waals surface area contributed by atoms with Gasteiger partial charge in [0.05, 0.1) is 54.4 Å². The number of imide groups is 1. The van der Waals surface area contributed by atoms with Crippen molar-refractivity contribution in [1.82, 2.24) is 10.3 Å². The minimum absolute atomic E-state index is 0.00358. The number of carbonyl (C=O) groups excluding carboxylic acids is 5. The maximum Gasteiger partial charge on any atom is 0.240 e. The van der Waals surface area contributed by atoms with Crippen molar-refractivity contribution in [3.05, 3.63) is 51.6 Å². The molecule has 17 heteroatoms. The molecule has 0 aromatic heterocycles. The summed E-state index contributed by atoms with van der Waals surface area (Å²) in [4.78, 5) is 65.4. The number of hydrazone groups is 1. The number of aliphatic hydroxyl groups is 3. The van der Waals surface area contributed by atoms with Crippen molar-refractivity contribution in [2.24, 2.45) is 10.8 Å². The number of nitrogens with two attached hydrogens (primary N) is 1. The summed E-state index contributed by atoms with van der Waals surface area (Å²) in [5.41, 5.74) is 4.51. The third-order valence-electron chi connectivity index (χ3n) is 10.6. The first kappa shape index (κ1) is 38.9. The zero-order valence-corrected chi connectivity index (χ0v) is 29.9. The van der Waals surface area contributed by atoms with Gasteiger partial charge in [-0.15, -0.1) is 0 Å². The highest BCUT2D eigenvalue weighted by molar-refractivity contribution is 6.31. The highest BCUT2D eigenvalue weighted by Gasteiger charge is 2.49. The number of phenols is 2. The monoisotopic (exact) mass is 752 g/mol.